The molecule has 0 bridgehead atoms. The Morgan fingerprint density at radius 3 is 2.65 bits per heavy atom. The molecule has 0 spiro atoms. The van der Waals surface area contributed by atoms with Gasteiger partial charge in [0.05, 0.1) is 17.9 Å². The number of rotatable bonds is 5. The van der Waals surface area contributed by atoms with Crippen molar-refractivity contribution in [1.29, 1.82) is 0 Å². The third-order valence-electron chi connectivity index (χ3n) is 5.99. The zero-order valence-corrected chi connectivity index (χ0v) is 21.2. The molecule has 3 atom stereocenters. The van der Waals surface area contributed by atoms with Gasteiger partial charge in [0.1, 0.15) is 12.4 Å². The van der Waals surface area contributed by atoms with Crippen LogP contribution in [0.1, 0.15) is 29.8 Å². The summed E-state index contributed by atoms with van der Waals surface area (Å²) in [6.45, 7) is 6.40. The number of aromatic nitrogens is 1. The lowest BCUT2D eigenvalue weighted by atomic mass is 10.0. The molecule has 1 aromatic carbocycles. The predicted octanol–water partition coefficient (Wildman–Crippen LogP) is 2.46. The van der Waals surface area contributed by atoms with E-state index >= 15 is 0 Å². The molecule has 1 aliphatic heterocycles. The molecule has 1 aliphatic rings. The van der Waals surface area contributed by atoms with Crippen molar-refractivity contribution in [2.75, 3.05) is 44.8 Å². The number of hydrogen-bond acceptors (Lipinski definition) is 7. The van der Waals surface area contributed by atoms with E-state index in [-0.39, 0.29) is 24.0 Å². The second-order valence-electron chi connectivity index (χ2n) is 8.97. The first-order valence-electron chi connectivity index (χ1n) is 11.2. The van der Waals surface area contributed by atoms with Crippen molar-refractivity contribution in [3.05, 3.63) is 53.9 Å². The third kappa shape index (κ3) is 6.91. The van der Waals surface area contributed by atoms with E-state index in [2.05, 4.69) is 28.5 Å². The summed E-state index contributed by atoms with van der Waals surface area (Å²) in [7, 11) is -0.118. The summed E-state index contributed by atoms with van der Waals surface area (Å²) in [5.41, 5.74) is 1.71. The highest BCUT2D eigenvalue weighted by molar-refractivity contribution is 7.92. The number of amides is 1. The van der Waals surface area contributed by atoms with E-state index in [0.29, 0.717) is 36.7 Å². The average molecular weight is 491 g/mol. The minimum atomic E-state index is -3.49. The number of carbonyl (C=O) groups excluding carboxylic acids is 1. The van der Waals surface area contributed by atoms with Crippen LogP contribution >= 0.6 is 0 Å². The fraction of sp³-hybridized carbons (Fsp3) is 0.500. The van der Waals surface area contributed by atoms with Crippen LogP contribution in [0.3, 0.4) is 0 Å². The second-order valence-corrected chi connectivity index (χ2v) is 10.7. The Bertz CT molecular complexity index is 1080. The Balaban J connectivity index is 1.96. The molecule has 0 radical (unpaired) electrons. The van der Waals surface area contributed by atoms with E-state index in [0.717, 1.165) is 18.4 Å². The Kier molecular flexibility index (Phi) is 8.51. The zero-order valence-electron chi connectivity index (χ0n) is 20.4. The molecule has 2 aromatic rings. The molecule has 0 unspecified atom stereocenters. The van der Waals surface area contributed by atoms with Crippen LogP contribution in [0.5, 0.6) is 5.75 Å². The summed E-state index contributed by atoms with van der Waals surface area (Å²) >= 11 is 0. The summed E-state index contributed by atoms with van der Waals surface area (Å²) in [6.07, 6.45) is 4.51. The van der Waals surface area contributed by atoms with Crippen LogP contribution in [-0.4, -0.2) is 81.4 Å². The summed E-state index contributed by atoms with van der Waals surface area (Å²) in [4.78, 5) is 21.5. The van der Waals surface area contributed by atoms with Gasteiger partial charge in [0.15, 0.2) is 0 Å². The van der Waals surface area contributed by atoms with E-state index in [1.54, 1.807) is 37.4 Å². The maximum Gasteiger partial charge on any atom is 0.257 e. The number of ether oxygens (including phenoxy) is 2. The summed E-state index contributed by atoms with van der Waals surface area (Å²) < 4.78 is 37.7. The van der Waals surface area contributed by atoms with Crippen molar-refractivity contribution in [2.45, 2.75) is 32.5 Å². The smallest absolute Gasteiger partial charge is 0.257 e. The molecule has 1 aromatic heterocycles. The molecule has 0 fully saturated rings. The quantitative estimate of drug-likeness (QED) is 0.687. The fourth-order valence-electron chi connectivity index (χ4n) is 4.08. The van der Waals surface area contributed by atoms with Crippen molar-refractivity contribution < 1.29 is 22.7 Å². The highest BCUT2D eigenvalue weighted by Gasteiger charge is 2.28. The number of anilines is 1. The van der Waals surface area contributed by atoms with Gasteiger partial charge in [-0.25, -0.2) is 8.42 Å². The number of pyridine rings is 1. The van der Waals surface area contributed by atoms with E-state index in [1.807, 2.05) is 18.3 Å². The van der Waals surface area contributed by atoms with Crippen molar-refractivity contribution in [2.24, 2.45) is 5.92 Å². The van der Waals surface area contributed by atoms with Crippen LogP contribution in [0.25, 0.3) is 0 Å². The minimum Gasteiger partial charge on any atom is -0.491 e. The first-order valence-corrected chi connectivity index (χ1v) is 13.1. The highest BCUT2D eigenvalue weighted by atomic mass is 32.2. The van der Waals surface area contributed by atoms with Gasteiger partial charge >= 0.3 is 0 Å². The predicted molar refractivity (Wildman–Crippen MR) is 131 cm³/mol. The fourth-order valence-corrected chi connectivity index (χ4v) is 4.63. The molecular formula is C24H34N4O5S. The molecule has 2 heterocycles. The number of likely N-dealkylation sites (N-methyl/N-ethyl adjacent to an activating group) is 1. The molecule has 0 saturated heterocycles. The Hall–Kier alpha value is -2.69. The topological polar surface area (TPSA) is 101 Å². The number of sulfonamides is 1. The molecule has 34 heavy (non-hydrogen) atoms. The lowest BCUT2D eigenvalue weighted by Gasteiger charge is -2.36. The molecule has 0 aliphatic carbocycles. The second kappa shape index (κ2) is 11.2. The molecule has 10 heteroatoms. The zero-order chi connectivity index (χ0) is 24.9. The number of nitrogens with one attached hydrogen (secondary N) is 1. The molecule has 0 saturated carbocycles. The first kappa shape index (κ1) is 25.9. The van der Waals surface area contributed by atoms with Gasteiger partial charge in [-0.05, 0) is 42.7 Å². The summed E-state index contributed by atoms with van der Waals surface area (Å²) in [6, 6.07) is 8.76. The standard InChI is InChI=1S/C24H34N4O5S/c1-17-13-28(14-19-7-6-10-25-12-19)18(2)16-33-22-9-8-20(26-34(5,30)31)11-21(22)24(29)27(3)15-23(17)32-4/h6-12,17-18,23,26H,13-16H2,1-5H3/t17-,18-,23-/m0/s1. The molecule has 3 rings (SSSR count). The van der Waals surface area contributed by atoms with E-state index in [4.69, 9.17) is 9.47 Å². The number of carbonyl (C=O) groups is 1. The molecular weight excluding hydrogens is 456 g/mol. The van der Waals surface area contributed by atoms with Crippen LogP contribution in [0.4, 0.5) is 5.69 Å². The van der Waals surface area contributed by atoms with Crippen LogP contribution < -0.4 is 9.46 Å². The van der Waals surface area contributed by atoms with Crippen LogP contribution in [0.15, 0.2) is 42.7 Å². The Morgan fingerprint density at radius 1 is 1.24 bits per heavy atom. The lowest BCUT2D eigenvalue weighted by Crippen LogP contribution is -2.46. The maximum absolute atomic E-state index is 13.3. The highest BCUT2D eigenvalue weighted by Crippen LogP contribution is 2.27. The molecule has 1 amide bonds. The van der Waals surface area contributed by atoms with E-state index < -0.39 is 10.0 Å². The maximum atomic E-state index is 13.3. The van der Waals surface area contributed by atoms with E-state index in [9.17, 15) is 13.2 Å². The van der Waals surface area contributed by atoms with Gasteiger partial charge in [-0.15, -0.1) is 0 Å². The Morgan fingerprint density at radius 2 is 2.00 bits per heavy atom. The van der Waals surface area contributed by atoms with Gasteiger partial charge in [-0.1, -0.05) is 13.0 Å². The van der Waals surface area contributed by atoms with Gasteiger partial charge in [0, 0.05) is 57.9 Å². The summed E-state index contributed by atoms with van der Waals surface area (Å²) in [5.74, 6) is 0.282. The number of hydrogen-bond donors (Lipinski definition) is 1. The largest absolute Gasteiger partial charge is 0.491 e. The van der Waals surface area contributed by atoms with Gasteiger partial charge in [-0.3, -0.25) is 19.4 Å². The van der Waals surface area contributed by atoms with Gasteiger partial charge in [0.2, 0.25) is 10.0 Å². The van der Waals surface area contributed by atoms with Crippen molar-refractivity contribution in [3.63, 3.8) is 0 Å². The van der Waals surface area contributed by atoms with Crippen LogP contribution in [0, 0.1) is 5.92 Å². The first-order chi connectivity index (χ1) is 16.1. The van der Waals surface area contributed by atoms with Crippen molar-refractivity contribution in [1.82, 2.24) is 14.8 Å². The summed E-state index contributed by atoms with van der Waals surface area (Å²) in [5, 5.41) is 0. The van der Waals surface area contributed by atoms with E-state index in [1.165, 1.54) is 6.07 Å². The molecule has 9 nitrogen and oxygen atoms in total. The molecule has 1 N–H and O–H groups in total. The van der Waals surface area contributed by atoms with Gasteiger partial charge in [-0.2, -0.15) is 0 Å². The lowest BCUT2D eigenvalue weighted by molar-refractivity contribution is 0.00920. The monoisotopic (exact) mass is 490 g/mol. The average Bonchev–Trinajstić information content (AvgIpc) is 2.79. The number of methoxy groups -OCH3 is 1. The van der Waals surface area contributed by atoms with Crippen molar-refractivity contribution >= 4 is 21.6 Å². The van der Waals surface area contributed by atoms with Gasteiger partial charge < -0.3 is 14.4 Å². The normalized spacial score (nSPS) is 22.8. The van der Waals surface area contributed by atoms with Crippen LogP contribution in [0.2, 0.25) is 0 Å². The molecule has 186 valence electrons. The SMILES string of the molecule is CO[C@H]1CN(C)C(=O)c2cc(NS(C)(=O)=O)ccc2OC[C@H](C)N(Cc2cccnc2)C[C@@H]1C. The Labute approximate surface area is 202 Å². The number of nitrogens with zero attached hydrogens (tertiary/aromatic N) is 3. The number of benzene rings is 1. The van der Waals surface area contributed by atoms with Crippen molar-refractivity contribution in [3.8, 4) is 5.75 Å². The minimum absolute atomic E-state index is 0.0362. The third-order valence-corrected chi connectivity index (χ3v) is 6.59. The van der Waals surface area contributed by atoms with Gasteiger partial charge in [0.25, 0.3) is 5.91 Å². The van der Waals surface area contributed by atoms with Crippen LogP contribution in [-0.2, 0) is 21.3 Å². The number of fused-ring (bicyclic) bond motifs is 1.